The molecule has 81 valence electrons. The van der Waals surface area contributed by atoms with Crippen LogP contribution in [0.15, 0.2) is 42.5 Å². The largest absolute Gasteiger partial charge is 0.508 e. The van der Waals surface area contributed by atoms with Crippen LogP contribution in [-0.4, -0.2) is 5.11 Å². The highest BCUT2D eigenvalue weighted by atomic mass is 16.3. The SMILES string of the molecule is CCc1ccc(Cc2[c]cccc2)c(O)c1. The summed E-state index contributed by atoms with van der Waals surface area (Å²) in [5.41, 5.74) is 3.22. The Morgan fingerprint density at radius 2 is 2.06 bits per heavy atom. The summed E-state index contributed by atoms with van der Waals surface area (Å²) in [5.74, 6) is 0.386. The van der Waals surface area contributed by atoms with Crippen LogP contribution in [0.5, 0.6) is 5.75 Å². The van der Waals surface area contributed by atoms with Gasteiger partial charge in [-0.15, -0.1) is 0 Å². The van der Waals surface area contributed by atoms with E-state index in [0.29, 0.717) is 5.75 Å². The average Bonchev–Trinajstić information content (AvgIpc) is 2.33. The fraction of sp³-hybridized carbons (Fsp3) is 0.200. The second kappa shape index (κ2) is 4.84. The number of hydrogen-bond acceptors (Lipinski definition) is 1. The first-order valence-corrected chi connectivity index (χ1v) is 5.56. The molecule has 0 fully saturated rings. The van der Waals surface area contributed by atoms with Gasteiger partial charge in [0.25, 0.3) is 0 Å². The minimum absolute atomic E-state index is 0.386. The molecule has 0 aliphatic carbocycles. The highest BCUT2D eigenvalue weighted by Crippen LogP contribution is 2.21. The minimum Gasteiger partial charge on any atom is -0.508 e. The monoisotopic (exact) mass is 211 g/mol. The van der Waals surface area contributed by atoms with Gasteiger partial charge in [0.2, 0.25) is 0 Å². The summed E-state index contributed by atoms with van der Waals surface area (Å²) in [4.78, 5) is 0. The normalized spacial score (nSPS) is 10.3. The number of phenolic OH excluding ortho intramolecular Hbond substituents is 1. The lowest BCUT2D eigenvalue weighted by Gasteiger charge is -2.06. The fourth-order valence-corrected chi connectivity index (χ4v) is 1.72. The maximum absolute atomic E-state index is 9.87. The molecule has 2 aromatic rings. The van der Waals surface area contributed by atoms with Gasteiger partial charge in [-0.05, 0) is 35.2 Å². The molecule has 0 unspecified atom stereocenters. The van der Waals surface area contributed by atoms with Gasteiger partial charge in [0, 0.05) is 6.42 Å². The van der Waals surface area contributed by atoms with Crippen molar-refractivity contribution < 1.29 is 5.11 Å². The topological polar surface area (TPSA) is 20.2 Å². The summed E-state index contributed by atoms with van der Waals surface area (Å²) in [6, 6.07) is 16.9. The lowest BCUT2D eigenvalue weighted by molar-refractivity contribution is 0.468. The molecule has 0 atom stereocenters. The maximum atomic E-state index is 9.87. The lowest BCUT2D eigenvalue weighted by atomic mass is 10.0. The Morgan fingerprint density at radius 3 is 2.69 bits per heavy atom. The third-order valence-electron chi connectivity index (χ3n) is 2.71. The Bertz CT molecular complexity index is 460. The summed E-state index contributed by atoms with van der Waals surface area (Å²) in [6.07, 6.45) is 1.68. The summed E-state index contributed by atoms with van der Waals surface area (Å²) >= 11 is 0. The number of aromatic hydroxyl groups is 1. The molecule has 1 nitrogen and oxygen atoms in total. The molecular formula is C15H15O. The van der Waals surface area contributed by atoms with E-state index in [1.54, 1.807) is 0 Å². The molecule has 1 heteroatoms. The van der Waals surface area contributed by atoms with Crippen molar-refractivity contribution >= 4 is 0 Å². The van der Waals surface area contributed by atoms with Gasteiger partial charge < -0.3 is 5.11 Å². The van der Waals surface area contributed by atoms with Crippen LogP contribution in [-0.2, 0) is 12.8 Å². The molecule has 16 heavy (non-hydrogen) atoms. The third kappa shape index (κ3) is 2.43. The van der Waals surface area contributed by atoms with Crippen molar-refractivity contribution in [3.05, 3.63) is 65.2 Å². The molecule has 0 saturated heterocycles. The molecule has 0 amide bonds. The molecule has 0 aliphatic rings. The zero-order valence-electron chi connectivity index (χ0n) is 9.40. The predicted molar refractivity (Wildman–Crippen MR) is 65.6 cm³/mol. The highest BCUT2D eigenvalue weighted by Gasteiger charge is 2.03. The second-order valence-corrected chi connectivity index (χ2v) is 3.88. The molecule has 2 aromatic carbocycles. The van der Waals surface area contributed by atoms with Gasteiger partial charge in [-0.2, -0.15) is 0 Å². The van der Waals surface area contributed by atoms with Gasteiger partial charge in [-0.3, -0.25) is 0 Å². The predicted octanol–water partition coefficient (Wildman–Crippen LogP) is 3.35. The zero-order valence-corrected chi connectivity index (χ0v) is 9.40. The molecular weight excluding hydrogens is 196 g/mol. The fourth-order valence-electron chi connectivity index (χ4n) is 1.72. The molecule has 1 N–H and O–H groups in total. The first-order chi connectivity index (χ1) is 7.79. The van der Waals surface area contributed by atoms with Crippen LogP contribution in [0, 0.1) is 6.07 Å². The van der Waals surface area contributed by atoms with Crippen LogP contribution >= 0.6 is 0 Å². The van der Waals surface area contributed by atoms with E-state index in [4.69, 9.17) is 0 Å². The van der Waals surface area contributed by atoms with Crippen molar-refractivity contribution in [2.45, 2.75) is 19.8 Å². The van der Waals surface area contributed by atoms with Crippen molar-refractivity contribution in [1.29, 1.82) is 0 Å². The van der Waals surface area contributed by atoms with E-state index in [9.17, 15) is 5.11 Å². The van der Waals surface area contributed by atoms with Gasteiger partial charge in [0.15, 0.2) is 0 Å². The molecule has 0 aromatic heterocycles. The Kier molecular flexibility index (Phi) is 3.25. The molecule has 0 bridgehead atoms. The van der Waals surface area contributed by atoms with Gasteiger partial charge in [-0.25, -0.2) is 0 Å². The van der Waals surface area contributed by atoms with Gasteiger partial charge >= 0.3 is 0 Å². The Morgan fingerprint density at radius 1 is 1.19 bits per heavy atom. The Hall–Kier alpha value is -1.76. The summed E-state index contributed by atoms with van der Waals surface area (Å²) in [5, 5.41) is 9.87. The van der Waals surface area contributed by atoms with Crippen LogP contribution in [0.1, 0.15) is 23.6 Å². The van der Waals surface area contributed by atoms with Gasteiger partial charge in [-0.1, -0.05) is 43.3 Å². The molecule has 0 saturated carbocycles. The second-order valence-electron chi connectivity index (χ2n) is 3.88. The summed E-state index contributed by atoms with van der Waals surface area (Å²) in [7, 11) is 0. The number of benzene rings is 2. The van der Waals surface area contributed by atoms with Crippen molar-refractivity contribution in [1.82, 2.24) is 0 Å². The Labute approximate surface area is 96.4 Å². The van der Waals surface area contributed by atoms with E-state index in [2.05, 4.69) is 19.1 Å². The van der Waals surface area contributed by atoms with Gasteiger partial charge in [0.1, 0.15) is 5.75 Å². The first kappa shape index (κ1) is 10.7. The van der Waals surface area contributed by atoms with E-state index in [-0.39, 0.29) is 0 Å². The first-order valence-electron chi connectivity index (χ1n) is 5.56. The van der Waals surface area contributed by atoms with Crippen molar-refractivity contribution in [2.75, 3.05) is 0 Å². The van der Waals surface area contributed by atoms with Crippen molar-refractivity contribution in [3.63, 3.8) is 0 Å². The lowest BCUT2D eigenvalue weighted by Crippen LogP contribution is -1.90. The van der Waals surface area contributed by atoms with Crippen molar-refractivity contribution in [2.24, 2.45) is 0 Å². The van der Waals surface area contributed by atoms with Crippen molar-refractivity contribution in [3.8, 4) is 5.75 Å². The highest BCUT2D eigenvalue weighted by molar-refractivity contribution is 5.39. The zero-order chi connectivity index (χ0) is 11.4. The van der Waals surface area contributed by atoms with Gasteiger partial charge in [0.05, 0.1) is 0 Å². The number of aryl methyl sites for hydroxylation is 1. The number of rotatable bonds is 3. The quantitative estimate of drug-likeness (QED) is 0.825. The minimum atomic E-state index is 0.386. The van der Waals surface area contributed by atoms with Crippen LogP contribution in [0.2, 0.25) is 0 Å². The number of phenols is 1. The maximum Gasteiger partial charge on any atom is 0.119 e. The summed E-state index contributed by atoms with van der Waals surface area (Å²) < 4.78 is 0. The molecule has 0 spiro atoms. The van der Waals surface area contributed by atoms with Crippen LogP contribution < -0.4 is 0 Å². The Balaban J connectivity index is 2.22. The van der Waals surface area contributed by atoms with Crippen LogP contribution in [0.3, 0.4) is 0 Å². The number of hydrogen-bond donors (Lipinski definition) is 1. The molecule has 0 aliphatic heterocycles. The van der Waals surface area contributed by atoms with E-state index < -0.39 is 0 Å². The summed E-state index contributed by atoms with van der Waals surface area (Å²) in [6.45, 7) is 2.08. The van der Waals surface area contributed by atoms with E-state index in [1.807, 2.05) is 36.4 Å². The smallest absolute Gasteiger partial charge is 0.119 e. The van der Waals surface area contributed by atoms with Crippen LogP contribution in [0.25, 0.3) is 0 Å². The van der Waals surface area contributed by atoms with E-state index in [1.165, 1.54) is 5.56 Å². The standard InChI is InChI=1S/C15H15O/c1-2-12-8-9-14(15(16)11-12)10-13-6-4-3-5-7-13/h3-6,8-9,11,16H,2,10H2,1H3. The molecule has 1 radical (unpaired) electrons. The molecule has 2 rings (SSSR count). The molecule has 0 heterocycles. The van der Waals surface area contributed by atoms with E-state index in [0.717, 1.165) is 24.0 Å². The average molecular weight is 211 g/mol. The van der Waals surface area contributed by atoms with E-state index >= 15 is 0 Å². The van der Waals surface area contributed by atoms with Crippen LogP contribution in [0.4, 0.5) is 0 Å². The third-order valence-corrected chi connectivity index (χ3v) is 2.71.